The summed E-state index contributed by atoms with van der Waals surface area (Å²) in [5.41, 5.74) is 2.05. The summed E-state index contributed by atoms with van der Waals surface area (Å²) >= 11 is 0. The van der Waals surface area contributed by atoms with Crippen LogP contribution in [0.25, 0.3) is 0 Å². The van der Waals surface area contributed by atoms with E-state index >= 15 is 0 Å². The molecule has 1 aliphatic heterocycles. The van der Waals surface area contributed by atoms with E-state index in [0.717, 1.165) is 12.8 Å². The lowest BCUT2D eigenvalue weighted by atomic mass is 10.1. The van der Waals surface area contributed by atoms with Gasteiger partial charge in [0.25, 0.3) is 17.7 Å². The summed E-state index contributed by atoms with van der Waals surface area (Å²) < 4.78 is 5.00. The second-order valence-corrected chi connectivity index (χ2v) is 6.58. The van der Waals surface area contributed by atoms with Gasteiger partial charge < -0.3 is 9.84 Å². The van der Waals surface area contributed by atoms with Gasteiger partial charge in [-0.15, -0.1) is 0 Å². The Labute approximate surface area is 144 Å². The van der Waals surface area contributed by atoms with E-state index in [1.54, 1.807) is 32.0 Å². The minimum Gasteiger partial charge on any atom is -0.361 e. The normalized spacial score (nSPS) is 16.3. The number of aryl methyl sites for hydroxylation is 2. The molecular weight excluding hydrogens is 322 g/mol. The predicted molar refractivity (Wildman–Crippen MR) is 88.5 cm³/mol. The van der Waals surface area contributed by atoms with Gasteiger partial charge in [-0.05, 0) is 50.8 Å². The molecule has 0 bridgehead atoms. The highest BCUT2D eigenvalue weighted by Gasteiger charge is 2.39. The molecule has 7 nitrogen and oxygen atoms in total. The van der Waals surface area contributed by atoms with Crippen molar-refractivity contribution >= 4 is 23.4 Å². The second-order valence-electron chi connectivity index (χ2n) is 6.58. The number of anilines is 1. The summed E-state index contributed by atoms with van der Waals surface area (Å²) in [6.07, 6.45) is 2.12. The number of amides is 3. The van der Waals surface area contributed by atoms with Gasteiger partial charge in [0.2, 0.25) is 0 Å². The molecule has 0 atom stereocenters. The van der Waals surface area contributed by atoms with E-state index in [0.29, 0.717) is 46.3 Å². The average Bonchev–Trinajstić information content (AvgIpc) is 3.30. The fraction of sp³-hybridized carbons (Fsp3) is 0.333. The Morgan fingerprint density at radius 2 is 1.96 bits per heavy atom. The number of nitrogens with zero attached hydrogens (tertiary/aromatic N) is 2. The molecule has 1 saturated carbocycles. The highest BCUT2D eigenvalue weighted by Crippen LogP contribution is 2.33. The van der Waals surface area contributed by atoms with Gasteiger partial charge in [-0.1, -0.05) is 5.16 Å². The van der Waals surface area contributed by atoms with Crippen LogP contribution in [0, 0.1) is 19.8 Å². The molecule has 0 radical (unpaired) electrons. The van der Waals surface area contributed by atoms with E-state index in [1.807, 2.05) is 0 Å². The first-order chi connectivity index (χ1) is 12.0. The molecule has 2 heterocycles. The zero-order valence-corrected chi connectivity index (χ0v) is 14.0. The number of nitrogens with one attached hydrogen (secondary N) is 1. The number of imide groups is 1. The number of benzene rings is 1. The molecule has 128 valence electrons. The average molecular weight is 339 g/mol. The van der Waals surface area contributed by atoms with Crippen molar-refractivity contribution in [3.8, 4) is 0 Å². The number of aromatic nitrogens is 1. The van der Waals surface area contributed by atoms with Crippen molar-refractivity contribution in [1.82, 2.24) is 10.1 Å². The highest BCUT2D eigenvalue weighted by atomic mass is 16.5. The molecule has 4 rings (SSSR count). The summed E-state index contributed by atoms with van der Waals surface area (Å²) in [7, 11) is 0. The van der Waals surface area contributed by atoms with Gasteiger partial charge in [-0.25, -0.2) is 0 Å². The summed E-state index contributed by atoms with van der Waals surface area (Å²) in [5.74, 6) is -0.0439. The molecule has 1 aromatic carbocycles. The Hall–Kier alpha value is -2.96. The third-order valence-electron chi connectivity index (χ3n) is 4.63. The SMILES string of the molecule is Cc1noc(C)c1C(=O)Nc1ccc2c(c1)C(=O)N(CC1CC1)C2=O. The molecule has 1 N–H and O–H groups in total. The Morgan fingerprint density at radius 3 is 2.60 bits per heavy atom. The minimum absolute atomic E-state index is 0.254. The van der Waals surface area contributed by atoms with Crippen molar-refractivity contribution in [2.75, 3.05) is 11.9 Å². The van der Waals surface area contributed by atoms with E-state index in [9.17, 15) is 14.4 Å². The maximum absolute atomic E-state index is 12.5. The van der Waals surface area contributed by atoms with Crippen molar-refractivity contribution in [3.63, 3.8) is 0 Å². The maximum atomic E-state index is 12.5. The van der Waals surface area contributed by atoms with E-state index < -0.39 is 0 Å². The second kappa shape index (κ2) is 5.54. The highest BCUT2D eigenvalue weighted by molar-refractivity contribution is 6.22. The molecule has 1 aromatic heterocycles. The van der Waals surface area contributed by atoms with Crippen LogP contribution in [0.4, 0.5) is 5.69 Å². The third kappa shape index (κ3) is 2.61. The van der Waals surface area contributed by atoms with Crippen LogP contribution in [-0.2, 0) is 0 Å². The number of hydrogen-bond acceptors (Lipinski definition) is 5. The Balaban J connectivity index is 1.58. The topological polar surface area (TPSA) is 92.5 Å². The van der Waals surface area contributed by atoms with E-state index in [1.165, 1.54) is 4.90 Å². The molecule has 2 aliphatic rings. The molecule has 0 spiro atoms. The predicted octanol–water partition coefficient (Wildman–Crippen LogP) is 2.55. The monoisotopic (exact) mass is 339 g/mol. The zero-order valence-electron chi connectivity index (χ0n) is 14.0. The smallest absolute Gasteiger partial charge is 0.261 e. The minimum atomic E-state index is -0.359. The Morgan fingerprint density at radius 1 is 1.24 bits per heavy atom. The van der Waals surface area contributed by atoms with Gasteiger partial charge in [0.1, 0.15) is 11.3 Å². The summed E-state index contributed by atoms with van der Waals surface area (Å²) in [5, 5.41) is 6.50. The van der Waals surface area contributed by atoms with Crippen LogP contribution >= 0.6 is 0 Å². The van der Waals surface area contributed by atoms with Crippen LogP contribution in [0.1, 0.15) is 55.4 Å². The van der Waals surface area contributed by atoms with E-state index in [-0.39, 0.29) is 17.7 Å². The van der Waals surface area contributed by atoms with Crippen LogP contribution in [0.3, 0.4) is 0 Å². The first kappa shape index (κ1) is 15.6. The maximum Gasteiger partial charge on any atom is 0.261 e. The standard InChI is InChI=1S/C18H17N3O4/c1-9-15(10(2)25-20-9)16(22)19-12-5-6-13-14(7-12)18(24)21(17(13)23)8-11-3-4-11/h5-7,11H,3-4,8H2,1-2H3,(H,19,22). The lowest BCUT2D eigenvalue weighted by Crippen LogP contribution is -2.31. The molecule has 2 aromatic rings. The quantitative estimate of drug-likeness (QED) is 0.864. The Bertz CT molecular complexity index is 892. The van der Waals surface area contributed by atoms with Crippen LogP contribution in [0.2, 0.25) is 0 Å². The summed E-state index contributed by atoms with van der Waals surface area (Å²) in [6.45, 7) is 3.83. The van der Waals surface area contributed by atoms with Crippen LogP contribution < -0.4 is 5.32 Å². The van der Waals surface area contributed by atoms with Crippen molar-refractivity contribution in [2.24, 2.45) is 5.92 Å². The first-order valence-electron chi connectivity index (χ1n) is 8.20. The molecule has 0 saturated heterocycles. The molecule has 1 fully saturated rings. The number of hydrogen-bond donors (Lipinski definition) is 1. The number of rotatable bonds is 4. The van der Waals surface area contributed by atoms with E-state index in [4.69, 9.17) is 4.52 Å². The molecule has 1 aliphatic carbocycles. The van der Waals surface area contributed by atoms with Gasteiger partial charge in [-0.3, -0.25) is 19.3 Å². The lowest BCUT2D eigenvalue weighted by molar-refractivity contribution is 0.0646. The molecule has 25 heavy (non-hydrogen) atoms. The van der Waals surface area contributed by atoms with Crippen molar-refractivity contribution in [3.05, 3.63) is 46.3 Å². The summed E-state index contributed by atoms with van der Waals surface area (Å²) in [4.78, 5) is 38.6. The van der Waals surface area contributed by atoms with Gasteiger partial charge in [0, 0.05) is 12.2 Å². The lowest BCUT2D eigenvalue weighted by Gasteiger charge is -2.12. The van der Waals surface area contributed by atoms with Gasteiger partial charge >= 0.3 is 0 Å². The molecular formula is C18H17N3O4. The van der Waals surface area contributed by atoms with Gasteiger partial charge in [0.15, 0.2) is 0 Å². The van der Waals surface area contributed by atoms with Crippen molar-refractivity contribution < 1.29 is 18.9 Å². The number of carbonyl (C=O) groups excluding carboxylic acids is 3. The van der Waals surface area contributed by atoms with Crippen LogP contribution in [0.5, 0.6) is 0 Å². The van der Waals surface area contributed by atoms with Crippen LogP contribution in [-0.4, -0.2) is 34.3 Å². The van der Waals surface area contributed by atoms with Crippen LogP contribution in [0.15, 0.2) is 22.7 Å². The number of fused-ring (bicyclic) bond motifs is 1. The first-order valence-corrected chi connectivity index (χ1v) is 8.20. The van der Waals surface area contributed by atoms with Gasteiger partial charge in [-0.2, -0.15) is 0 Å². The largest absolute Gasteiger partial charge is 0.361 e. The fourth-order valence-corrected chi connectivity index (χ4v) is 3.09. The molecule has 3 amide bonds. The molecule has 7 heteroatoms. The number of carbonyl (C=O) groups is 3. The van der Waals surface area contributed by atoms with Crippen molar-refractivity contribution in [1.29, 1.82) is 0 Å². The zero-order chi connectivity index (χ0) is 17.7. The third-order valence-corrected chi connectivity index (χ3v) is 4.63. The fourth-order valence-electron chi connectivity index (χ4n) is 3.09. The molecule has 0 unspecified atom stereocenters. The van der Waals surface area contributed by atoms with E-state index in [2.05, 4.69) is 10.5 Å². The Kier molecular flexibility index (Phi) is 3.45. The summed E-state index contributed by atoms with van der Waals surface area (Å²) in [6, 6.07) is 4.77. The van der Waals surface area contributed by atoms with Gasteiger partial charge in [0.05, 0.1) is 16.8 Å². The van der Waals surface area contributed by atoms with Crippen molar-refractivity contribution in [2.45, 2.75) is 26.7 Å².